The van der Waals surface area contributed by atoms with E-state index >= 15 is 0 Å². The topological polar surface area (TPSA) is 12.0 Å². The number of nitrogens with one attached hydrogen (secondary N) is 1. The molecule has 0 atom stereocenters. The highest BCUT2D eigenvalue weighted by atomic mass is 32.1. The molecule has 0 bridgehead atoms. The van der Waals surface area contributed by atoms with Gasteiger partial charge in [-0.05, 0) is 19.9 Å². The Kier molecular flexibility index (Phi) is 1.60. The summed E-state index contributed by atoms with van der Waals surface area (Å²) in [5.41, 5.74) is 0. The number of rotatable bonds is 1. The van der Waals surface area contributed by atoms with E-state index in [-0.39, 0.29) is 0 Å². The zero-order valence-electron chi connectivity index (χ0n) is 4.52. The Morgan fingerprint density at radius 2 is 2.14 bits per heavy atom. The smallest absolute Gasteiger partial charge is 0.00849 e. The summed E-state index contributed by atoms with van der Waals surface area (Å²) in [5, 5.41) is 3.86. The lowest BCUT2D eigenvalue weighted by atomic mass is 9.93. The van der Waals surface area contributed by atoms with Crippen LogP contribution in [0.2, 0.25) is 0 Å². The zero-order chi connectivity index (χ0) is 5.28. The first-order valence-electron chi connectivity index (χ1n) is 2.68. The molecule has 0 aliphatic heterocycles. The van der Waals surface area contributed by atoms with Crippen molar-refractivity contribution in [3.8, 4) is 0 Å². The predicted molar refractivity (Wildman–Crippen MR) is 34.9 cm³/mol. The van der Waals surface area contributed by atoms with E-state index in [0.29, 0.717) is 5.25 Å². The van der Waals surface area contributed by atoms with E-state index < -0.39 is 0 Å². The average molecular weight is 117 g/mol. The van der Waals surface area contributed by atoms with Crippen LogP contribution in [0.5, 0.6) is 0 Å². The highest BCUT2D eigenvalue weighted by molar-refractivity contribution is 7.81. The van der Waals surface area contributed by atoms with E-state index in [2.05, 4.69) is 17.9 Å². The normalized spacial score (nSPS) is 40.3. The van der Waals surface area contributed by atoms with Gasteiger partial charge in [-0.2, -0.15) is 12.6 Å². The van der Waals surface area contributed by atoms with E-state index in [1.165, 1.54) is 12.8 Å². The molecule has 0 heterocycles. The van der Waals surface area contributed by atoms with Crippen LogP contribution in [0.4, 0.5) is 0 Å². The van der Waals surface area contributed by atoms with Gasteiger partial charge in [-0.25, -0.2) is 0 Å². The summed E-state index contributed by atoms with van der Waals surface area (Å²) in [6, 6.07) is 0.766. The van der Waals surface area contributed by atoms with Gasteiger partial charge in [0.15, 0.2) is 0 Å². The van der Waals surface area contributed by atoms with E-state index in [4.69, 9.17) is 0 Å². The summed E-state index contributed by atoms with van der Waals surface area (Å²) in [6.07, 6.45) is 2.50. The molecule has 1 aliphatic rings. The number of hydrogen-bond acceptors (Lipinski definition) is 2. The largest absolute Gasteiger partial charge is 0.317 e. The van der Waals surface area contributed by atoms with Crippen LogP contribution in [0.3, 0.4) is 0 Å². The van der Waals surface area contributed by atoms with Gasteiger partial charge < -0.3 is 5.32 Å². The maximum Gasteiger partial charge on any atom is 0.00849 e. The van der Waals surface area contributed by atoms with Gasteiger partial charge in [-0.1, -0.05) is 0 Å². The average Bonchev–Trinajstić information content (AvgIpc) is 1.58. The number of hydrogen-bond donors (Lipinski definition) is 2. The molecule has 0 spiro atoms. The maximum absolute atomic E-state index is 4.26. The highest BCUT2D eigenvalue weighted by Crippen LogP contribution is 2.23. The molecule has 0 radical (unpaired) electrons. The van der Waals surface area contributed by atoms with Crippen molar-refractivity contribution >= 4 is 12.6 Å². The molecule has 2 heteroatoms. The second kappa shape index (κ2) is 2.05. The molecule has 1 fully saturated rings. The molecule has 0 unspecified atom stereocenters. The molecule has 1 saturated carbocycles. The Morgan fingerprint density at radius 3 is 2.29 bits per heavy atom. The molecule has 42 valence electrons. The quantitative estimate of drug-likeness (QED) is 0.481. The third-order valence-electron chi connectivity index (χ3n) is 1.52. The Bertz CT molecular complexity index is 59.1. The monoisotopic (exact) mass is 117 g/mol. The van der Waals surface area contributed by atoms with Crippen molar-refractivity contribution in [1.29, 1.82) is 0 Å². The summed E-state index contributed by atoms with van der Waals surface area (Å²) >= 11 is 4.26. The van der Waals surface area contributed by atoms with Gasteiger partial charge in [0.2, 0.25) is 0 Å². The highest BCUT2D eigenvalue weighted by Gasteiger charge is 2.23. The van der Waals surface area contributed by atoms with Crippen molar-refractivity contribution in [2.75, 3.05) is 7.05 Å². The van der Waals surface area contributed by atoms with Gasteiger partial charge in [0.25, 0.3) is 0 Å². The van der Waals surface area contributed by atoms with Crippen molar-refractivity contribution < 1.29 is 0 Å². The number of thiol groups is 1. The van der Waals surface area contributed by atoms with Gasteiger partial charge in [0.05, 0.1) is 0 Å². The van der Waals surface area contributed by atoms with Crippen LogP contribution in [0.1, 0.15) is 12.8 Å². The lowest BCUT2D eigenvalue weighted by molar-refractivity contribution is 0.376. The van der Waals surface area contributed by atoms with Crippen molar-refractivity contribution in [2.24, 2.45) is 0 Å². The Morgan fingerprint density at radius 1 is 1.57 bits per heavy atom. The van der Waals surface area contributed by atoms with Crippen molar-refractivity contribution in [1.82, 2.24) is 5.32 Å². The van der Waals surface area contributed by atoms with Crippen LogP contribution >= 0.6 is 12.6 Å². The second-order valence-electron chi connectivity index (χ2n) is 2.11. The van der Waals surface area contributed by atoms with Crippen LogP contribution in [0, 0.1) is 0 Å². The van der Waals surface area contributed by atoms with Gasteiger partial charge in [0.1, 0.15) is 0 Å². The van der Waals surface area contributed by atoms with Crippen LogP contribution in [-0.2, 0) is 0 Å². The molecule has 0 saturated heterocycles. The predicted octanol–water partition coefficient (Wildman–Crippen LogP) is 0.667. The summed E-state index contributed by atoms with van der Waals surface area (Å²) in [7, 11) is 2.00. The van der Waals surface area contributed by atoms with Crippen LogP contribution in [0.25, 0.3) is 0 Å². The Balaban J connectivity index is 2.06. The molecule has 0 amide bonds. The minimum absolute atomic E-state index is 0.678. The first-order chi connectivity index (χ1) is 3.33. The first kappa shape index (κ1) is 5.45. The maximum atomic E-state index is 4.26. The van der Waals surface area contributed by atoms with Gasteiger partial charge >= 0.3 is 0 Å². The summed E-state index contributed by atoms with van der Waals surface area (Å²) in [5.74, 6) is 0. The van der Waals surface area contributed by atoms with Crippen LogP contribution < -0.4 is 5.32 Å². The van der Waals surface area contributed by atoms with Crippen LogP contribution in [-0.4, -0.2) is 18.3 Å². The molecule has 1 aliphatic carbocycles. The van der Waals surface area contributed by atoms with E-state index in [9.17, 15) is 0 Å². The molecule has 0 aromatic rings. The standard InChI is InChI=1S/C5H11NS/c1-6-4-2-5(7)3-4/h4-7H,2-3H2,1H3/t4-,5+. The molecular weight excluding hydrogens is 106 g/mol. The lowest BCUT2D eigenvalue weighted by Gasteiger charge is -2.31. The Hall–Kier alpha value is 0.310. The Labute approximate surface area is 49.9 Å². The van der Waals surface area contributed by atoms with Crippen molar-refractivity contribution in [2.45, 2.75) is 24.1 Å². The SMILES string of the molecule is CN[C@H]1C[C@@H](S)C1. The lowest BCUT2D eigenvalue weighted by Crippen LogP contribution is -2.39. The molecule has 1 nitrogen and oxygen atoms in total. The second-order valence-corrected chi connectivity index (χ2v) is 2.84. The van der Waals surface area contributed by atoms with Crippen molar-refractivity contribution in [3.63, 3.8) is 0 Å². The first-order valence-corrected chi connectivity index (χ1v) is 3.20. The summed E-state index contributed by atoms with van der Waals surface area (Å²) in [4.78, 5) is 0. The molecule has 7 heavy (non-hydrogen) atoms. The minimum Gasteiger partial charge on any atom is -0.317 e. The fourth-order valence-electron chi connectivity index (χ4n) is 0.824. The molecule has 1 rings (SSSR count). The van der Waals surface area contributed by atoms with Gasteiger partial charge in [-0.3, -0.25) is 0 Å². The summed E-state index contributed by atoms with van der Waals surface area (Å²) < 4.78 is 0. The van der Waals surface area contributed by atoms with Crippen molar-refractivity contribution in [3.05, 3.63) is 0 Å². The zero-order valence-corrected chi connectivity index (χ0v) is 5.41. The summed E-state index contributed by atoms with van der Waals surface area (Å²) in [6.45, 7) is 0. The third kappa shape index (κ3) is 1.10. The van der Waals surface area contributed by atoms with Crippen LogP contribution in [0.15, 0.2) is 0 Å². The molecule has 0 aromatic carbocycles. The fraction of sp³-hybridized carbons (Fsp3) is 1.00. The van der Waals surface area contributed by atoms with E-state index in [1.54, 1.807) is 0 Å². The molecule has 0 aromatic heterocycles. The third-order valence-corrected chi connectivity index (χ3v) is 1.94. The van der Waals surface area contributed by atoms with Gasteiger partial charge in [-0.15, -0.1) is 0 Å². The fourth-order valence-corrected chi connectivity index (χ4v) is 1.33. The van der Waals surface area contributed by atoms with E-state index in [0.717, 1.165) is 6.04 Å². The van der Waals surface area contributed by atoms with E-state index in [1.807, 2.05) is 7.05 Å². The molecule has 1 N–H and O–H groups in total. The van der Waals surface area contributed by atoms with Gasteiger partial charge in [0, 0.05) is 11.3 Å². The molecular formula is C5H11NS. The minimum atomic E-state index is 0.678.